The summed E-state index contributed by atoms with van der Waals surface area (Å²) < 4.78 is 42.3. The lowest BCUT2D eigenvalue weighted by Gasteiger charge is -2.16. The Kier molecular flexibility index (Phi) is 3.19. The number of ether oxygens (including phenoxy) is 1. The predicted molar refractivity (Wildman–Crippen MR) is 56.3 cm³/mol. The van der Waals surface area contributed by atoms with Crippen molar-refractivity contribution in [3.63, 3.8) is 0 Å². The number of carboxylic acid groups (broad SMARTS) is 1. The first-order valence-corrected chi connectivity index (χ1v) is 5.14. The summed E-state index contributed by atoms with van der Waals surface area (Å²) in [7, 11) is 0. The molecule has 102 valence electrons. The average molecular weight is 275 g/mol. The number of carboxylic acids is 1. The number of carbonyl (C=O) groups is 2. The number of halogens is 3. The molecule has 1 aromatic carbocycles. The molecule has 1 amide bonds. The summed E-state index contributed by atoms with van der Waals surface area (Å²) in [6.45, 7) is -0.392. The average Bonchev–Trinajstić information content (AvgIpc) is 2.70. The molecular weight excluding hydrogens is 267 g/mol. The Labute approximate surface area is 105 Å². The second-order valence-electron chi connectivity index (χ2n) is 3.83. The van der Waals surface area contributed by atoms with Crippen LogP contribution >= 0.6 is 0 Å². The van der Waals surface area contributed by atoms with Crippen LogP contribution in [0.25, 0.3) is 0 Å². The van der Waals surface area contributed by atoms with E-state index in [4.69, 9.17) is 9.84 Å². The minimum atomic E-state index is -4.54. The molecule has 1 N–H and O–H groups in total. The first kappa shape index (κ1) is 13.3. The molecule has 0 radical (unpaired) electrons. The highest BCUT2D eigenvalue weighted by Gasteiger charge is 2.39. The Morgan fingerprint density at radius 3 is 2.63 bits per heavy atom. The molecule has 8 heteroatoms. The predicted octanol–water partition coefficient (Wildman–Crippen LogP) is 1.48. The van der Waals surface area contributed by atoms with Crippen LogP contribution in [0.1, 0.15) is 5.56 Å². The van der Waals surface area contributed by atoms with E-state index in [0.29, 0.717) is 0 Å². The Balaban J connectivity index is 2.29. The lowest BCUT2D eigenvalue weighted by Crippen LogP contribution is -2.34. The van der Waals surface area contributed by atoms with Crippen LogP contribution in [0.2, 0.25) is 0 Å². The smallest absolute Gasteiger partial charge is 0.416 e. The van der Waals surface area contributed by atoms with Crippen molar-refractivity contribution in [2.75, 3.05) is 11.6 Å². The number of hydrogen-bond donors (Lipinski definition) is 1. The monoisotopic (exact) mass is 275 g/mol. The first-order chi connectivity index (χ1) is 8.80. The van der Waals surface area contributed by atoms with Crippen LogP contribution in [0.5, 0.6) is 0 Å². The van der Waals surface area contributed by atoms with Gasteiger partial charge in [0, 0.05) is 5.69 Å². The number of carbonyl (C=O) groups excluding carboxylic acids is 1. The molecule has 1 aliphatic rings. The molecule has 1 fully saturated rings. The third-order valence-electron chi connectivity index (χ3n) is 2.57. The molecule has 0 saturated carbocycles. The molecule has 0 aromatic heterocycles. The summed E-state index contributed by atoms with van der Waals surface area (Å²) in [6.07, 6.45) is -6.21. The Morgan fingerprint density at radius 2 is 2.11 bits per heavy atom. The lowest BCUT2D eigenvalue weighted by atomic mass is 10.2. The van der Waals surface area contributed by atoms with Gasteiger partial charge in [0.25, 0.3) is 5.91 Å². The topological polar surface area (TPSA) is 66.8 Å². The molecule has 1 aliphatic heterocycles. The van der Waals surface area contributed by atoms with Gasteiger partial charge in [-0.1, -0.05) is 6.07 Å². The van der Waals surface area contributed by atoms with E-state index in [-0.39, 0.29) is 5.69 Å². The van der Waals surface area contributed by atoms with Gasteiger partial charge < -0.3 is 9.84 Å². The van der Waals surface area contributed by atoms with Crippen molar-refractivity contribution in [1.29, 1.82) is 0 Å². The number of alkyl halides is 3. The zero-order valence-electron chi connectivity index (χ0n) is 9.35. The molecule has 5 nitrogen and oxygen atoms in total. The van der Waals surface area contributed by atoms with Gasteiger partial charge >= 0.3 is 12.1 Å². The van der Waals surface area contributed by atoms with Crippen molar-refractivity contribution in [2.24, 2.45) is 0 Å². The van der Waals surface area contributed by atoms with Gasteiger partial charge in [-0.2, -0.15) is 13.2 Å². The fourth-order valence-corrected chi connectivity index (χ4v) is 1.65. The minimum absolute atomic E-state index is 0.0522. The van der Waals surface area contributed by atoms with Crippen LogP contribution < -0.4 is 4.90 Å². The summed E-state index contributed by atoms with van der Waals surface area (Å²) in [6, 6.07) is 4.05. The molecule has 1 saturated heterocycles. The number of nitrogens with zero attached hydrogens (tertiary/aromatic N) is 1. The van der Waals surface area contributed by atoms with E-state index in [1.807, 2.05) is 0 Å². The largest absolute Gasteiger partial charge is 0.479 e. The highest BCUT2D eigenvalue weighted by atomic mass is 19.4. The van der Waals surface area contributed by atoms with Gasteiger partial charge in [0.1, 0.15) is 6.73 Å². The second kappa shape index (κ2) is 4.54. The van der Waals surface area contributed by atoms with E-state index in [9.17, 15) is 22.8 Å². The zero-order chi connectivity index (χ0) is 14.2. The highest BCUT2D eigenvalue weighted by Crippen LogP contribution is 2.32. The Morgan fingerprint density at radius 1 is 1.42 bits per heavy atom. The van der Waals surface area contributed by atoms with Gasteiger partial charge in [0.05, 0.1) is 5.56 Å². The van der Waals surface area contributed by atoms with Crippen molar-refractivity contribution in [3.8, 4) is 0 Å². The Bertz CT molecular complexity index is 529. The maximum absolute atomic E-state index is 12.5. The number of anilines is 1. The summed E-state index contributed by atoms with van der Waals surface area (Å²) in [5, 5.41) is 8.68. The van der Waals surface area contributed by atoms with Gasteiger partial charge in [0.2, 0.25) is 6.10 Å². The molecule has 19 heavy (non-hydrogen) atoms. The van der Waals surface area contributed by atoms with Gasteiger partial charge in [-0.15, -0.1) is 0 Å². The summed E-state index contributed by atoms with van der Waals surface area (Å²) in [5.74, 6) is -2.37. The van der Waals surface area contributed by atoms with Gasteiger partial charge in [0.15, 0.2) is 0 Å². The van der Waals surface area contributed by atoms with Gasteiger partial charge in [-0.25, -0.2) is 4.79 Å². The maximum Gasteiger partial charge on any atom is 0.416 e. The molecule has 0 bridgehead atoms. The van der Waals surface area contributed by atoms with Gasteiger partial charge in [-0.3, -0.25) is 9.69 Å². The SMILES string of the molecule is O=C(O)C1OCN(c2cccc(C(F)(F)F)c2)C1=O. The fraction of sp³-hybridized carbons (Fsp3) is 0.273. The van der Waals surface area contributed by atoms with Crippen molar-refractivity contribution in [1.82, 2.24) is 0 Å². The second-order valence-corrected chi connectivity index (χ2v) is 3.83. The molecular formula is C11H8F3NO4. The first-order valence-electron chi connectivity index (χ1n) is 5.14. The van der Waals surface area contributed by atoms with E-state index in [0.717, 1.165) is 23.1 Å². The van der Waals surface area contributed by atoms with Crippen LogP contribution in [0.15, 0.2) is 24.3 Å². The molecule has 0 aliphatic carbocycles. The molecule has 1 atom stereocenters. The number of amides is 1. The van der Waals surface area contributed by atoms with Crippen LogP contribution in [-0.2, 0) is 20.5 Å². The molecule has 2 rings (SSSR count). The third-order valence-corrected chi connectivity index (χ3v) is 2.57. The number of aliphatic carboxylic acids is 1. The van der Waals surface area contributed by atoms with Crippen molar-refractivity contribution < 1.29 is 32.6 Å². The zero-order valence-corrected chi connectivity index (χ0v) is 9.35. The fourth-order valence-electron chi connectivity index (χ4n) is 1.65. The van der Waals surface area contributed by atoms with Crippen molar-refractivity contribution in [2.45, 2.75) is 12.3 Å². The van der Waals surface area contributed by atoms with E-state index in [2.05, 4.69) is 0 Å². The number of benzene rings is 1. The summed E-state index contributed by atoms with van der Waals surface area (Å²) in [4.78, 5) is 23.2. The summed E-state index contributed by atoms with van der Waals surface area (Å²) in [5.41, 5.74) is -0.972. The normalized spacial score (nSPS) is 19.8. The molecule has 0 spiro atoms. The van der Waals surface area contributed by atoms with Crippen LogP contribution in [0.3, 0.4) is 0 Å². The maximum atomic E-state index is 12.5. The lowest BCUT2D eigenvalue weighted by molar-refractivity contribution is -0.150. The van der Waals surface area contributed by atoms with E-state index < -0.39 is 36.5 Å². The van der Waals surface area contributed by atoms with Crippen LogP contribution in [0, 0.1) is 0 Å². The Hall–Kier alpha value is -2.09. The van der Waals surface area contributed by atoms with E-state index in [1.165, 1.54) is 6.07 Å². The highest BCUT2D eigenvalue weighted by molar-refractivity contribution is 6.09. The number of hydrogen-bond acceptors (Lipinski definition) is 3. The minimum Gasteiger partial charge on any atom is -0.479 e. The van der Waals surface area contributed by atoms with Gasteiger partial charge in [-0.05, 0) is 18.2 Å². The van der Waals surface area contributed by atoms with Crippen LogP contribution in [-0.4, -0.2) is 29.8 Å². The van der Waals surface area contributed by atoms with E-state index in [1.54, 1.807) is 0 Å². The van der Waals surface area contributed by atoms with E-state index >= 15 is 0 Å². The molecule has 1 aromatic rings. The standard InChI is InChI=1S/C11H8F3NO4/c12-11(13,14)6-2-1-3-7(4-6)15-5-19-8(9(15)16)10(17)18/h1-4,8H,5H2,(H,17,18). The quantitative estimate of drug-likeness (QED) is 0.830. The third kappa shape index (κ3) is 2.53. The van der Waals surface area contributed by atoms with Crippen LogP contribution in [0.4, 0.5) is 18.9 Å². The number of rotatable bonds is 2. The van der Waals surface area contributed by atoms with Crippen molar-refractivity contribution >= 4 is 17.6 Å². The molecule has 1 heterocycles. The molecule has 1 unspecified atom stereocenters. The van der Waals surface area contributed by atoms with Crippen molar-refractivity contribution in [3.05, 3.63) is 29.8 Å². The summed E-state index contributed by atoms with van der Waals surface area (Å²) >= 11 is 0.